The lowest BCUT2D eigenvalue weighted by atomic mass is 10.2. The van der Waals surface area contributed by atoms with E-state index in [4.69, 9.17) is 0 Å². The Hall–Kier alpha value is -1.91. The quantitative estimate of drug-likeness (QED) is 0.665. The van der Waals surface area contributed by atoms with Crippen molar-refractivity contribution in [2.45, 2.75) is 13.0 Å². The number of hydrogen-bond acceptors (Lipinski definition) is 3. The number of nitrogens with one attached hydrogen (secondary N) is 2. The van der Waals surface area contributed by atoms with Gasteiger partial charge in [-0.2, -0.15) is 5.10 Å². The fourth-order valence-electron chi connectivity index (χ4n) is 1.85. The fraction of sp³-hybridized carbons (Fsp3) is 0.300. The summed E-state index contributed by atoms with van der Waals surface area (Å²) >= 11 is 0. The molecule has 3 rings (SSSR count). The second-order valence-electron chi connectivity index (χ2n) is 3.57. The molecular formula is C10H12N5+. The van der Waals surface area contributed by atoms with Gasteiger partial charge in [0.05, 0.1) is 18.7 Å². The molecule has 3 heterocycles. The molecule has 1 aliphatic heterocycles. The number of pyridine rings is 1. The van der Waals surface area contributed by atoms with Gasteiger partial charge in [0.1, 0.15) is 0 Å². The largest absolute Gasteiger partial charge is 0.377 e. The van der Waals surface area contributed by atoms with Crippen LogP contribution in [0.5, 0.6) is 0 Å². The Morgan fingerprint density at radius 3 is 3.27 bits per heavy atom. The SMILES string of the molecule is c1cncc(-c2[nH]nc3[n+]2CCCN3)c1. The molecule has 15 heavy (non-hydrogen) atoms. The Morgan fingerprint density at radius 2 is 2.40 bits per heavy atom. The number of fused-ring (bicyclic) bond motifs is 1. The number of anilines is 1. The van der Waals surface area contributed by atoms with Crippen LogP contribution in [-0.2, 0) is 6.54 Å². The summed E-state index contributed by atoms with van der Waals surface area (Å²) in [6.07, 6.45) is 4.75. The highest BCUT2D eigenvalue weighted by molar-refractivity contribution is 5.50. The van der Waals surface area contributed by atoms with Crippen molar-refractivity contribution in [3.8, 4) is 11.4 Å². The molecule has 0 saturated carbocycles. The normalized spacial score (nSPS) is 14.4. The summed E-state index contributed by atoms with van der Waals surface area (Å²) in [5, 5.41) is 10.5. The highest BCUT2D eigenvalue weighted by Crippen LogP contribution is 2.14. The first-order chi connectivity index (χ1) is 7.45. The lowest BCUT2D eigenvalue weighted by Gasteiger charge is -2.09. The van der Waals surface area contributed by atoms with Gasteiger partial charge in [0.15, 0.2) is 0 Å². The number of rotatable bonds is 1. The first kappa shape index (κ1) is 8.40. The first-order valence-corrected chi connectivity index (χ1v) is 5.07. The van der Waals surface area contributed by atoms with E-state index in [-0.39, 0.29) is 0 Å². The number of nitrogens with zero attached hydrogens (tertiary/aromatic N) is 3. The van der Waals surface area contributed by atoms with Crippen LogP contribution in [0.15, 0.2) is 24.5 Å². The van der Waals surface area contributed by atoms with E-state index in [2.05, 4.69) is 25.1 Å². The van der Waals surface area contributed by atoms with Crippen molar-refractivity contribution < 1.29 is 4.57 Å². The van der Waals surface area contributed by atoms with E-state index < -0.39 is 0 Å². The van der Waals surface area contributed by atoms with Crippen molar-refractivity contribution in [3.05, 3.63) is 24.5 Å². The topological polar surface area (TPSA) is 57.5 Å². The Labute approximate surface area is 87.2 Å². The maximum absolute atomic E-state index is 4.23. The maximum atomic E-state index is 4.23. The molecule has 0 amide bonds. The molecule has 1 aliphatic rings. The number of H-pyrrole nitrogens is 1. The van der Waals surface area contributed by atoms with Gasteiger partial charge >= 0.3 is 5.95 Å². The van der Waals surface area contributed by atoms with Crippen LogP contribution in [0, 0.1) is 0 Å². The highest BCUT2D eigenvalue weighted by atomic mass is 15.4. The molecular weight excluding hydrogens is 190 g/mol. The molecule has 2 aromatic rings. The summed E-state index contributed by atoms with van der Waals surface area (Å²) in [7, 11) is 0. The van der Waals surface area contributed by atoms with Crippen molar-refractivity contribution in [2.75, 3.05) is 11.9 Å². The molecule has 0 unspecified atom stereocenters. The van der Waals surface area contributed by atoms with Gasteiger partial charge in [0.25, 0.3) is 0 Å². The molecule has 5 nitrogen and oxygen atoms in total. The summed E-state index contributed by atoms with van der Waals surface area (Å²) < 4.78 is 2.15. The van der Waals surface area contributed by atoms with E-state index in [1.54, 1.807) is 6.20 Å². The Kier molecular flexibility index (Phi) is 1.87. The van der Waals surface area contributed by atoms with Crippen LogP contribution in [0.25, 0.3) is 11.4 Å². The third kappa shape index (κ3) is 1.36. The van der Waals surface area contributed by atoms with E-state index in [0.29, 0.717) is 0 Å². The molecule has 2 N–H and O–H groups in total. The fourth-order valence-corrected chi connectivity index (χ4v) is 1.85. The van der Waals surface area contributed by atoms with Gasteiger partial charge in [0, 0.05) is 23.9 Å². The first-order valence-electron chi connectivity index (χ1n) is 5.07. The second kappa shape index (κ2) is 3.34. The lowest BCUT2D eigenvalue weighted by Crippen LogP contribution is -2.42. The van der Waals surface area contributed by atoms with E-state index in [1.807, 2.05) is 18.3 Å². The van der Waals surface area contributed by atoms with Gasteiger partial charge in [-0.25, -0.2) is 4.57 Å². The third-order valence-electron chi connectivity index (χ3n) is 2.57. The zero-order chi connectivity index (χ0) is 10.1. The molecule has 76 valence electrons. The molecule has 0 atom stereocenters. The maximum Gasteiger partial charge on any atom is 0.377 e. The van der Waals surface area contributed by atoms with Gasteiger partial charge in [-0.15, -0.1) is 0 Å². The Bertz CT molecular complexity index is 462. The summed E-state index contributed by atoms with van der Waals surface area (Å²) in [4.78, 5) is 4.11. The second-order valence-corrected chi connectivity index (χ2v) is 3.57. The van der Waals surface area contributed by atoms with Crippen molar-refractivity contribution in [1.29, 1.82) is 0 Å². The third-order valence-corrected chi connectivity index (χ3v) is 2.57. The van der Waals surface area contributed by atoms with Crippen LogP contribution in [0.2, 0.25) is 0 Å². The lowest BCUT2D eigenvalue weighted by molar-refractivity contribution is -0.675. The van der Waals surface area contributed by atoms with Gasteiger partial charge in [-0.1, -0.05) is 0 Å². The smallest absolute Gasteiger partial charge is 0.292 e. The van der Waals surface area contributed by atoms with Crippen LogP contribution in [0.3, 0.4) is 0 Å². The molecule has 2 aromatic heterocycles. The van der Waals surface area contributed by atoms with E-state index in [1.165, 1.54) is 0 Å². The minimum atomic E-state index is 0.917. The number of aromatic amines is 1. The summed E-state index contributed by atoms with van der Waals surface area (Å²) in [6, 6.07) is 3.96. The molecule has 0 fully saturated rings. The molecule has 5 heteroatoms. The van der Waals surface area contributed by atoms with Crippen molar-refractivity contribution in [1.82, 2.24) is 15.2 Å². The van der Waals surface area contributed by atoms with Crippen molar-refractivity contribution in [2.24, 2.45) is 0 Å². The molecule has 0 radical (unpaired) electrons. The molecule has 0 bridgehead atoms. The van der Waals surface area contributed by atoms with Crippen LogP contribution >= 0.6 is 0 Å². The summed E-state index contributed by atoms with van der Waals surface area (Å²) in [5.74, 6) is 1.94. The predicted molar refractivity (Wildman–Crippen MR) is 55.1 cm³/mol. The van der Waals surface area contributed by atoms with Gasteiger partial charge in [0.2, 0.25) is 5.82 Å². The predicted octanol–water partition coefficient (Wildman–Crippen LogP) is 0.575. The Balaban J connectivity index is 2.09. The van der Waals surface area contributed by atoms with Crippen molar-refractivity contribution >= 4 is 5.95 Å². The molecule has 0 spiro atoms. The summed E-state index contributed by atoms with van der Waals surface area (Å²) in [5.41, 5.74) is 1.07. The molecule has 0 saturated heterocycles. The minimum absolute atomic E-state index is 0.917. The summed E-state index contributed by atoms with van der Waals surface area (Å²) in [6.45, 7) is 2.00. The highest BCUT2D eigenvalue weighted by Gasteiger charge is 2.22. The minimum Gasteiger partial charge on any atom is -0.292 e. The van der Waals surface area contributed by atoms with Gasteiger partial charge in [-0.05, 0) is 12.1 Å². The molecule has 0 aliphatic carbocycles. The monoisotopic (exact) mass is 202 g/mol. The average molecular weight is 202 g/mol. The van der Waals surface area contributed by atoms with Crippen LogP contribution < -0.4 is 9.88 Å². The number of hydrogen-bond donors (Lipinski definition) is 2. The van der Waals surface area contributed by atoms with E-state index >= 15 is 0 Å². The number of aromatic nitrogens is 4. The van der Waals surface area contributed by atoms with Crippen LogP contribution in [0.4, 0.5) is 5.95 Å². The average Bonchev–Trinajstić information content (AvgIpc) is 2.74. The van der Waals surface area contributed by atoms with Crippen LogP contribution in [0.1, 0.15) is 6.42 Å². The Morgan fingerprint density at radius 1 is 1.40 bits per heavy atom. The standard InChI is InChI=1S/C10H11N5/c1-3-8(7-11-4-1)9-13-14-10-12-5-2-6-15(9)10/h1,3-4,7H,2,5-6H2,(H,12,14)/p+1. The zero-order valence-electron chi connectivity index (χ0n) is 8.27. The van der Waals surface area contributed by atoms with E-state index in [0.717, 1.165) is 36.8 Å². The van der Waals surface area contributed by atoms with E-state index in [9.17, 15) is 0 Å². The molecule has 0 aromatic carbocycles. The van der Waals surface area contributed by atoms with Gasteiger partial charge < -0.3 is 0 Å². The van der Waals surface area contributed by atoms with Gasteiger partial charge in [-0.3, -0.25) is 10.3 Å². The van der Waals surface area contributed by atoms with Crippen molar-refractivity contribution in [3.63, 3.8) is 0 Å². The zero-order valence-corrected chi connectivity index (χ0v) is 8.27. The van der Waals surface area contributed by atoms with Crippen LogP contribution in [-0.4, -0.2) is 21.7 Å².